The average molecular weight is 271 g/mol. The monoisotopic (exact) mass is 270 g/mol. The molecule has 1 heterocycles. The van der Waals surface area contributed by atoms with Gasteiger partial charge in [0.1, 0.15) is 17.4 Å². The topological polar surface area (TPSA) is 44.2 Å². The van der Waals surface area contributed by atoms with Crippen molar-refractivity contribution in [3.05, 3.63) is 39.3 Å². The quantitative estimate of drug-likeness (QED) is 0.838. The van der Waals surface area contributed by atoms with Crippen LogP contribution in [-0.2, 0) is 18.0 Å². The van der Waals surface area contributed by atoms with Crippen LogP contribution < -0.4 is 4.74 Å². The molecule has 90 valence electrons. The molecule has 0 spiro atoms. The number of hydrogen-bond acceptors (Lipinski definition) is 5. The van der Waals surface area contributed by atoms with E-state index < -0.39 is 0 Å². The molecule has 0 aliphatic carbocycles. The van der Waals surface area contributed by atoms with Gasteiger partial charge in [0.05, 0.1) is 13.7 Å². The normalized spacial score (nSPS) is 10.5. The molecule has 0 unspecified atom stereocenters. The fourth-order valence-electron chi connectivity index (χ4n) is 1.31. The molecule has 2 aromatic rings. The minimum Gasteiger partial charge on any atom is -0.497 e. The van der Waals surface area contributed by atoms with Gasteiger partial charge in [-0.15, -0.1) is 10.2 Å². The molecule has 17 heavy (non-hydrogen) atoms. The predicted octanol–water partition coefficient (Wildman–Crippen LogP) is 2.92. The largest absolute Gasteiger partial charge is 0.497 e. The van der Waals surface area contributed by atoms with E-state index in [4.69, 9.17) is 21.1 Å². The third kappa shape index (κ3) is 3.66. The van der Waals surface area contributed by atoms with Crippen molar-refractivity contribution >= 4 is 22.9 Å². The molecule has 0 fully saturated rings. The van der Waals surface area contributed by atoms with Crippen LogP contribution in [0.15, 0.2) is 24.3 Å². The molecule has 0 saturated carbocycles. The summed E-state index contributed by atoms with van der Waals surface area (Å²) in [6, 6.07) is 7.75. The molecule has 0 saturated heterocycles. The van der Waals surface area contributed by atoms with Crippen LogP contribution in [0, 0.1) is 0 Å². The van der Waals surface area contributed by atoms with E-state index in [1.54, 1.807) is 7.11 Å². The second kappa shape index (κ2) is 5.95. The Morgan fingerprint density at radius 2 is 2.18 bits per heavy atom. The Bertz CT molecular complexity index is 490. The van der Waals surface area contributed by atoms with Crippen molar-refractivity contribution in [1.29, 1.82) is 0 Å². The van der Waals surface area contributed by atoms with E-state index in [0.29, 0.717) is 17.7 Å². The highest BCUT2D eigenvalue weighted by Gasteiger charge is 2.02. The van der Waals surface area contributed by atoms with Gasteiger partial charge in [0.25, 0.3) is 0 Å². The SMILES string of the molecule is COc1cccc(COCc2nnc(Cl)s2)c1. The predicted molar refractivity (Wildman–Crippen MR) is 66.4 cm³/mol. The van der Waals surface area contributed by atoms with Crippen molar-refractivity contribution in [2.45, 2.75) is 13.2 Å². The maximum absolute atomic E-state index is 5.67. The second-order valence-electron chi connectivity index (χ2n) is 3.29. The summed E-state index contributed by atoms with van der Waals surface area (Å²) >= 11 is 6.99. The molecule has 1 aromatic heterocycles. The fraction of sp³-hybridized carbons (Fsp3) is 0.273. The van der Waals surface area contributed by atoms with Crippen LogP contribution in [-0.4, -0.2) is 17.3 Å². The van der Waals surface area contributed by atoms with Crippen molar-refractivity contribution < 1.29 is 9.47 Å². The lowest BCUT2D eigenvalue weighted by atomic mass is 10.2. The van der Waals surface area contributed by atoms with Crippen LogP contribution in [0.5, 0.6) is 5.75 Å². The van der Waals surface area contributed by atoms with Gasteiger partial charge in [-0.25, -0.2) is 0 Å². The highest BCUT2D eigenvalue weighted by molar-refractivity contribution is 7.15. The third-order valence-electron chi connectivity index (χ3n) is 2.07. The Labute approximate surface area is 108 Å². The molecule has 1 aromatic carbocycles. The lowest BCUT2D eigenvalue weighted by Gasteiger charge is -2.04. The zero-order chi connectivity index (χ0) is 12.1. The summed E-state index contributed by atoms with van der Waals surface area (Å²) in [5, 5.41) is 8.35. The molecule has 2 rings (SSSR count). The van der Waals surface area contributed by atoms with E-state index in [-0.39, 0.29) is 0 Å². The number of methoxy groups -OCH3 is 1. The molecule has 0 amide bonds. The van der Waals surface area contributed by atoms with Crippen LogP contribution in [0.4, 0.5) is 0 Å². The van der Waals surface area contributed by atoms with E-state index in [1.165, 1.54) is 11.3 Å². The van der Waals surface area contributed by atoms with E-state index in [9.17, 15) is 0 Å². The van der Waals surface area contributed by atoms with E-state index in [0.717, 1.165) is 16.3 Å². The second-order valence-corrected chi connectivity index (χ2v) is 4.94. The molecule has 4 nitrogen and oxygen atoms in total. The van der Waals surface area contributed by atoms with E-state index >= 15 is 0 Å². The molecule has 0 bridgehead atoms. The number of nitrogens with zero attached hydrogens (tertiary/aromatic N) is 2. The first-order chi connectivity index (χ1) is 8.28. The lowest BCUT2D eigenvalue weighted by Crippen LogP contribution is -1.94. The number of aromatic nitrogens is 2. The fourth-order valence-corrected chi connectivity index (χ4v) is 2.11. The Hall–Kier alpha value is -1.17. The van der Waals surface area contributed by atoms with E-state index in [1.807, 2.05) is 24.3 Å². The minimum atomic E-state index is 0.418. The molecule has 0 aliphatic heterocycles. The van der Waals surface area contributed by atoms with Crippen LogP contribution in [0.2, 0.25) is 4.47 Å². The summed E-state index contributed by atoms with van der Waals surface area (Å²) in [5.41, 5.74) is 1.06. The van der Waals surface area contributed by atoms with Crippen molar-refractivity contribution in [2.75, 3.05) is 7.11 Å². The Balaban J connectivity index is 1.85. The summed E-state index contributed by atoms with van der Waals surface area (Å²) in [6.07, 6.45) is 0. The van der Waals surface area contributed by atoms with Crippen molar-refractivity contribution in [3.8, 4) is 5.75 Å². The smallest absolute Gasteiger partial charge is 0.207 e. The minimum absolute atomic E-state index is 0.418. The van der Waals surface area contributed by atoms with Crippen LogP contribution in [0.25, 0.3) is 0 Å². The van der Waals surface area contributed by atoms with Gasteiger partial charge in [-0.05, 0) is 29.3 Å². The number of rotatable bonds is 5. The standard InChI is InChI=1S/C11H11ClN2O2S/c1-15-9-4-2-3-8(5-9)6-16-7-10-13-14-11(12)17-10/h2-5H,6-7H2,1H3. The first-order valence-electron chi connectivity index (χ1n) is 4.96. The molecule has 0 radical (unpaired) electrons. The number of benzene rings is 1. The molecule has 0 atom stereocenters. The molecule has 0 aliphatic rings. The summed E-state index contributed by atoms with van der Waals surface area (Å²) in [5.74, 6) is 0.824. The number of halogens is 1. The first-order valence-corrected chi connectivity index (χ1v) is 6.16. The first kappa shape index (κ1) is 12.3. The Morgan fingerprint density at radius 3 is 2.88 bits per heavy atom. The van der Waals surface area contributed by atoms with Crippen molar-refractivity contribution in [3.63, 3.8) is 0 Å². The van der Waals surface area contributed by atoms with Gasteiger partial charge < -0.3 is 9.47 Å². The van der Waals surface area contributed by atoms with Gasteiger partial charge in [0.2, 0.25) is 4.47 Å². The van der Waals surface area contributed by atoms with Crippen molar-refractivity contribution in [2.24, 2.45) is 0 Å². The van der Waals surface area contributed by atoms with Crippen LogP contribution in [0.1, 0.15) is 10.6 Å². The highest BCUT2D eigenvalue weighted by Crippen LogP contribution is 2.17. The number of ether oxygens (including phenoxy) is 2. The summed E-state index contributed by atoms with van der Waals surface area (Å²) < 4.78 is 11.1. The zero-order valence-corrected chi connectivity index (χ0v) is 10.8. The number of hydrogen-bond donors (Lipinski definition) is 0. The van der Waals surface area contributed by atoms with Gasteiger partial charge in [-0.3, -0.25) is 0 Å². The zero-order valence-electron chi connectivity index (χ0n) is 9.22. The molecule has 6 heteroatoms. The highest BCUT2D eigenvalue weighted by atomic mass is 35.5. The summed E-state index contributed by atoms with van der Waals surface area (Å²) in [7, 11) is 1.64. The van der Waals surface area contributed by atoms with Gasteiger partial charge in [0.15, 0.2) is 0 Å². The van der Waals surface area contributed by atoms with Crippen LogP contribution >= 0.6 is 22.9 Å². The maximum atomic E-state index is 5.67. The Morgan fingerprint density at radius 1 is 1.29 bits per heavy atom. The Kier molecular flexibility index (Phi) is 4.30. The molecule has 0 N–H and O–H groups in total. The summed E-state index contributed by atoms with van der Waals surface area (Å²) in [6.45, 7) is 0.927. The molecular weight excluding hydrogens is 260 g/mol. The molecular formula is C11H11ClN2O2S. The van der Waals surface area contributed by atoms with Gasteiger partial charge >= 0.3 is 0 Å². The average Bonchev–Trinajstić information content (AvgIpc) is 2.75. The summed E-state index contributed by atoms with van der Waals surface area (Å²) in [4.78, 5) is 0. The lowest BCUT2D eigenvalue weighted by molar-refractivity contribution is 0.106. The van der Waals surface area contributed by atoms with Crippen molar-refractivity contribution in [1.82, 2.24) is 10.2 Å². The van der Waals surface area contributed by atoms with Gasteiger partial charge in [-0.1, -0.05) is 23.5 Å². The van der Waals surface area contributed by atoms with Gasteiger partial charge in [-0.2, -0.15) is 0 Å². The maximum Gasteiger partial charge on any atom is 0.207 e. The third-order valence-corrected chi connectivity index (χ3v) is 3.06. The van der Waals surface area contributed by atoms with Gasteiger partial charge in [0, 0.05) is 0 Å². The van der Waals surface area contributed by atoms with E-state index in [2.05, 4.69) is 10.2 Å². The van der Waals surface area contributed by atoms with Crippen LogP contribution in [0.3, 0.4) is 0 Å².